The number of hydrogen-bond acceptors (Lipinski definition) is 6. The summed E-state index contributed by atoms with van der Waals surface area (Å²) in [5, 5.41) is 6.81. The Hall–Kier alpha value is -2.70. The summed E-state index contributed by atoms with van der Waals surface area (Å²) < 4.78 is 12.4. The van der Waals surface area contributed by atoms with Crippen LogP contribution in [0.5, 0.6) is 0 Å². The summed E-state index contributed by atoms with van der Waals surface area (Å²) in [6, 6.07) is 18.9. The van der Waals surface area contributed by atoms with Gasteiger partial charge in [0.2, 0.25) is 0 Å². The molecule has 2 N–H and O–H groups in total. The highest BCUT2D eigenvalue weighted by atomic mass is 16.6. The number of benzene rings is 2. The first-order valence-corrected chi connectivity index (χ1v) is 16.0. The minimum Gasteiger partial charge on any atom is -0.454 e. The van der Waals surface area contributed by atoms with Crippen LogP contribution in [0.4, 0.5) is 0 Å². The van der Waals surface area contributed by atoms with Crippen molar-refractivity contribution in [2.75, 3.05) is 26.2 Å². The molecule has 0 amide bonds. The fourth-order valence-corrected chi connectivity index (χ4v) is 6.37. The van der Waals surface area contributed by atoms with Crippen molar-refractivity contribution in [1.29, 1.82) is 0 Å². The van der Waals surface area contributed by atoms with Crippen molar-refractivity contribution in [1.82, 2.24) is 10.6 Å². The standard InChI is InChI=1S/C35H50N2O4/c1-3-4-6-17-32(38)41-35(21-25-37-26-22-35)31-16-11-13-29(27-31)28(2)12-9-10-18-33(39)40-34(19-23-36-24-20-34)30-14-7-5-8-15-30/h5,7-8,11,13-16,27-28,36-37H,3-4,6,9-10,12,17-26H2,1-2H3. The number of nitrogens with one attached hydrogen (secondary N) is 2. The molecule has 6 nitrogen and oxygen atoms in total. The van der Waals surface area contributed by atoms with E-state index >= 15 is 0 Å². The summed E-state index contributed by atoms with van der Waals surface area (Å²) in [4.78, 5) is 25.7. The van der Waals surface area contributed by atoms with Crippen molar-refractivity contribution in [3.8, 4) is 0 Å². The van der Waals surface area contributed by atoms with Gasteiger partial charge in [-0.25, -0.2) is 0 Å². The molecule has 2 aromatic carbocycles. The van der Waals surface area contributed by atoms with Crippen molar-refractivity contribution >= 4 is 11.9 Å². The maximum Gasteiger partial charge on any atom is 0.306 e. The topological polar surface area (TPSA) is 76.7 Å². The van der Waals surface area contributed by atoms with Crippen molar-refractivity contribution in [3.05, 3.63) is 71.3 Å². The third-order valence-electron chi connectivity index (χ3n) is 8.98. The van der Waals surface area contributed by atoms with E-state index in [1.54, 1.807) is 0 Å². The molecule has 2 saturated heterocycles. The summed E-state index contributed by atoms with van der Waals surface area (Å²) in [5.74, 6) is 0.174. The maximum absolute atomic E-state index is 12.9. The van der Waals surface area contributed by atoms with Crippen LogP contribution in [0.3, 0.4) is 0 Å². The number of unbranched alkanes of at least 4 members (excludes halogenated alkanes) is 3. The van der Waals surface area contributed by atoms with Crippen molar-refractivity contribution < 1.29 is 19.1 Å². The van der Waals surface area contributed by atoms with Gasteiger partial charge in [0.15, 0.2) is 0 Å². The van der Waals surface area contributed by atoms with Gasteiger partial charge in [0.05, 0.1) is 0 Å². The van der Waals surface area contributed by atoms with Gasteiger partial charge in [0, 0.05) is 38.5 Å². The first-order valence-electron chi connectivity index (χ1n) is 16.0. The van der Waals surface area contributed by atoms with E-state index in [2.05, 4.69) is 60.9 Å². The summed E-state index contributed by atoms with van der Waals surface area (Å²) in [6.45, 7) is 7.81. The van der Waals surface area contributed by atoms with Crippen LogP contribution >= 0.6 is 0 Å². The highest BCUT2D eigenvalue weighted by Crippen LogP contribution is 2.38. The fraction of sp³-hybridized carbons (Fsp3) is 0.600. The highest BCUT2D eigenvalue weighted by Gasteiger charge is 2.39. The molecule has 1 unspecified atom stereocenters. The van der Waals surface area contributed by atoms with Crippen LogP contribution in [0.15, 0.2) is 54.6 Å². The van der Waals surface area contributed by atoms with E-state index in [4.69, 9.17) is 9.47 Å². The van der Waals surface area contributed by atoms with Crippen LogP contribution in [-0.2, 0) is 30.3 Å². The zero-order valence-corrected chi connectivity index (χ0v) is 25.2. The lowest BCUT2D eigenvalue weighted by Crippen LogP contribution is -2.43. The second kappa shape index (κ2) is 15.5. The molecule has 1 atom stereocenters. The number of rotatable bonds is 14. The van der Waals surface area contributed by atoms with E-state index in [-0.39, 0.29) is 11.9 Å². The number of ether oxygens (including phenoxy) is 2. The number of hydrogen-bond donors (Lipinski definition) is 2. The Morgan fingerprint density at radius 1 is 0.732 bits per heavy atom. The predicted octanol–water partition coefficient (Wildman–Crippen LogP) is 6.87. The zero-order valence-electron chi connectivity index (χ0n) is 25.2. The summed E-state index contributed by atoms with van der Waals surface area (Å²) >= 11 is 0. The number of carbonyl (C=O) groups is 2. The van der Waals surface area contributed by atoms with E-state index < -0.39 is 11.2 Å². The second-order valence-electron chi connectivity index (χ2n) is 12.0. The van der Waals surface area contributed by atoms with Crippen molar-refractivity contribution in [3.63, 3.8) is 0 Å². The maximum atomic E-state index is 12.9. The Balaban J connectivity index is 1.30. The lowest BCUT2D eigenvalue weighted by Gasteiger charge is -2.38. The lowest BCUT2D eigenvalue weighted by molar-refractivity contribution is -0.165. The van der Waals surface area contributed by atoms with Gasteiger partial charge in [-0.3, -0.25) is 9.59 Å². The molecule has 0 aliphatic carbocycles. The third kappa shape index (κ3) is 8.65. The average Bonchev–Trinajstić information content (AvgIpc) is 3.01. The first-order chi connectivity index (χ1) is 20.0. The largest absolute Gasteiger partial charge is 0.454 e. The van der Waals surface area contributed by atoms with E-state index in [0.717, 1.165) is 102 Å². The average molecular weight is 563 g/mol. The molecule has 0 radical (unpaired) electrons. The molecule has 2 fully saturated rings. The molecule has 4 rings (SSSR count). The van der Waals surface area contributed by atoms with Gasteiger partial charge >= 0.3 is 11.9 Å². The van der Waals surface area contributed by atoms with Crippen LogP contribution in [0.1, 0.15) is 114 Å². The number of piperidine rings is 2. The van der Waals surface area contributed by atoms with Gasteiger partial charge in [-0.15, -0.1) is 0 Å². The smallest absolute Gasteiger partial charge is 0.306 e. The van der Waals surface area contributed by atoms with E-state index in [1.165, 1.54) is 5.56 Å². The van der Waals surface area contributed by atoms with E-state index in [0.29, 0.717) is 18.8 Å². The van der Waals surface area contributed by atoms with Gasteiger partial charge in [-0.05, 0) is 68.0 Å². The van der Waals surface area contributed by atoms with Gasteiger partial charge in [0.25, 0.3) is 0 Å². The van der Waals surface area contributed by atoms with Crippen molar-refractivity contribution in [2.24, 2.45) is 0 Å². The molecule has 0 aromatic heterocycles. The molecule has 224 valence electrons. The molecule has 2 heterocycles. The molecular weight excluding hydrogens is 512 g/mol. The van der Waals surface area contributed by atoms with E-state index in [1.807, 2.05) is 18.2 Å². The van der Waals surface area contributed by atoms with Gasteiger partial charge < -0.3 is 20.1 Å². The van der Waals surface area contributed by atoms with Gasteiger partial charge in [-0.1, -0.05) is 87.7 Å². The summed E-state index contributed by atoms with van der Waals surface area (Å²) in [6.07, 6.45) is 9.95. The predicted molar refractivity (Wildman–Crippen MR) is 164 cm³/mol. The van der Waals surface area contributed by atoms with Crippen molar-refractivity contribution in [2.45, 2.75) is 108 Å². The first kappa shape index (κ1) is 31.2. The van der Waals surface area contributed by atoms with E-state index in [9.17, 15) is 9.59 Å². The Morgan fingerprint density at radius 3 is 1.85 bits per heavy atom. The lowest BCUT2D eigenvalue weighted by atomic mass is 9.82. The molecular formula is C35H50N2O4. The van der Waals surface area contributed by atoms with Gasteiger partial charge in [-0.2, -0.15) is 0 Å². The molecule has 0 spiro atoms. The van der Waals surface area contributed by atoms with Crippen LogP contribution < -0.4 is 10.6 Å². The highest BCUT2D eigenvalue weighted by molar-refractivity contribution is 5.70. The molecule has 2 aliphatic heterocycles. The minimum absolute atomic E-state index is 0.0794. The monoisotopic (exact) mass is 562 g/mol. The zero-order chi connectivity index (χ0) is 29.0. The Labute approximate surface area is 247 Å². The molecule has 2 aliphatic rings. The van der Waals surface area contributed by atoms with Crippen LogP contribution in [0.2, 0.25) is 0 Å². The molecule has 0 bridgehead atoms. The van der Waals surface area contributed by atoms with Crippen LogP contribution in [0.25, 0.3) is 0 Å². The summed E-state index contributed by atoms with van der Waals surface area (Å²) in [7, 11) is 0. The molecule has 2 aromatic rings. The molecule has 6 heteroatoms. The van der Waals surface area contributed by atoms with Crippen LogP contribution in [0, 0.1) is 0 Å². The van der Waals surface area contributed by atoms with Crippen LogP contribution in [-0.4, -0.2) is 38.1 Å². The number of carbonyl (C=O) groups excluding carboxylic acids is 2. The SMILES string of the molecule is CCCCCC(=O)OC1(c2cccc(C(C)CCCCC(=O)OC3(c4ccccc4)CCNCC3)c2)CCNCC1. The normalized spacial score (nSPS) is 18.8. The summed E-state index contributed by atoms with van der Waals surface area (Å²) in [5.41, 5.74) is 2.42. The quantitative estimate of drug-likeness (QED) is 0.193. The Morgan fingerprint density at radius 2 is 1.27 bits per heavy atom. The Kier molecular flexibility index (Phi) is 11.8. The molecule has 0 saturated carbocycles. The fourth-order valence-electron chi connectivity index (χ4n) is 6.37. The number of esters is 2. The second-order valence-corrected chi connectivity index (χ2v) is 12.0. The Bertz CT molecular complexity index is 1090. The molecule has 41 heavy (non-hydrogen) atoms. The minimum atomic E-state index is -0.544. The third-order valence-corrected chi connectivity index (χ3v) is 8.98. The van der Waals surface area contributed by atoms with Gasteiger partial charge in [0.1, 0.15) is 11.2 Å².